The van der Waals surface area contributed by atoms with Crippen LogP contribution in [0.3, 0.4) is 0 Å². The minimum Gasteiger partial charge on any atom is -0.462 e. The topological polar surface area (TPSA) is 93.7 Å². The first kappa shape index (κ1) is 21.4. The van der Waals surface area contributed by atoms with Crippen LogP contribution in [-0.2, 0) is 14.3 Å². The van der Waals surface area contributed by atoms with Gasteiger partial charge in [-0.1, -0.05) is 26.0 Å². The van der Waals surface area contributed by atoms with Gasteiger partial charge in [-0.3, -0.25) is 4.79 Å². The van der Waals surface area contributed by atoms with Crippen molar-refractivity contribution in [3.8, 4) is 0 Å². The Balaban J connectivity index is 2.06. The van der Waals surface area contributed by atoms with Crippen molar-refractivity contribution in [2.24, 2.45) is 0 Å². The summed E-state index contributed by atoms with van der Waals surface area (Å²) < 4.78 is 10.2. The van der Waals surface area contributed by atoms with Gasteiger partial charge in [0, 0.05) is 17.6 Å². The third-order valence-corrected chi connectivity index (χ3v) is 5.17. The van der Waals surface area contributed by atoms with Gasteiger partial charge in [0.05, 0.1) is 17.7 Å². The molecule has 0 bridgehead atoms. The van der Waals surface area contributed by atoms with Gasteiger partial charge in [-0.15, -0.1) is 11.3 Å². The van der Waals surface area contributed by atoms with Gasteiger partial charge in [0.1, 0.15) is 5.00 Å². The summed E-state index contributed by atoms with van der Waals surface area (Å²) in [6.07, 6.45) is 0. The Morgan fingerprint density at radius 2 is 1.75 bits per heavy atom. The van der Waals surface area contributed by atoms with Gasteiger partial charge in [-0.2, -0.15) is 0 Å². The van der Waals surface area contributed by atoms with Gasteiger partial charge in [0.25, 0.3) is 5.91 Å². The predicted octanol–water partition coefficient (Wildman–Crippen LogP) is 3.89. The number of hydrogen-bond donors (Lipinski definition) is 2. The SMILES string of the molecule is CCOC(=O)c1cc(C(C)C)sc1NC(=O)COC(=O)c1ccccc1NC. The summed E-state index contributed by atoms with van der Waals surface area (Å²) >= 11 is 1.30. The minimum absolute atomic E-state index is 0.194. The Hall–Kier alpha value is -2.87. The average molecular weight is 404 g/mol. The summed E-state index contributed by atoms with van der Waals surface area (Å²) in [7, 11) is 1.69. The van der Waals surface area contributed by atoms with Crippen LogP contribution in [0.4, 0.5) is 10.7 Å². The van der Waals surface area contributed by atoms with E-state index in [0.29, 0.717) is 21.8 Å². The van der Waals surface area contributed by atoms with E-state index < -0.39 is 24.5 Å². The van der Waals surface area contributed by atoms with E-state index in [1.807, 2.05) is 13.8 Å². The molecule has 0 fully saturated rings. The molecule has 1 aromatic heterocycles. The highest BCUT2D eigenvalue weighted by atomic mass is 32.1. The first-order valence-corrected chi connectivity index (χ1v) is 9.73. The molecule has 1 amide bonds. The molecule has 0 aliphatic heterocycles. The van der Waals surface area contributed by atoms with Crippen LogP contribution in [0, 0.1) is 0 Å². The van der Waals surface area contributed by atoms with Crippen LogP contribution in [0.2, 0.25) is 0 Å². The number of benzene rings is 1. The van der Waals surface area contributed by atoms with E-state index in [-0.39, 0.29) is 12.5 Å². The van der Waals surface area contributed by atoms with E-state index in [2.05, 4.69) is 10.6 Å². The maximum Gasteiger partial charge on any atom is 0.341 e. The molecule has 0 atom stereocenters. The maximum atomic E-state index is 12.3. The molecule has 0 aliphatic rings. The monoisotopic (exact) mass is 404 g/mol. The number of carbonyl (C=O) groups excluding carboxylic acids is 3. The number of carbonyl (C=O) groups is 3. The second kappa shape index (κ2) is 9.89. The van der Waals surface area contributed by atoms with Crippen LogP contribution in [0.25, 0.3) is 0 Å². The second-order valence-electron chi connectivity index (χ2n) is 6.19. The molecular weight excluding hydrogens is 380 g/mol. The zero-order valence-corrected chi connectivity index (χ0v) is 17.1. The molecule has 0 saturated carbocycles. The van der Waals surface area contributed by atoms with Gasteiger partial charge in [0.15, 0.2) is 6.61 Å². The van der Waals surface area contributed by atoms with Crippen LogP contribution >= 0.6 is 11.3 Å². The van der Waals surface area contributed by atoms with Gasteiger partial charge in [-0.05, 0) is 31.0 Å². The first-order chi connectivity index (χ1) is 13.4. The molecule has 8 heteroatoms. The lowest BCUT2D eigenvalue weighted by Gasteiger charge is -2.09. The van der Waals surface area contributed by atoms with Crippen molar-refractivity contribution in [1.29, 1.82) is 0 Å². The number of rotatable bonds is 8. The lowest BCUT2D eigenvalue weighted by molar-refractivity contribution is -0.119. The molecule has 0 unspecified atom stereocenters. The summed E-state index contributed by atoms with van der Waals surface area (Å²) in [5, 5.41) is 5.93. The molecule has 0 saturated heterocycles. The maximum absolute atomic E-state index is 12.3. The molecule has 28 heavy (non-hydrogen) atoms. The van der Waals surface area contributed by atoms with Crippen LogP contribution in [-0.4, -0.2) is 38.1 Å². The molecule has 2 rings (SSSR count). The number of ether oxygens (including phenoxy) is 2. The van der Waals surface area contributed by atoms with E-state index >= 15 is 0 Å². The Bertz CT molecular complexity index is 860. The quantitative estimate of drug-likeness (QED) is 0.649. The Morgan fingerprint density at radius 1 is 1.07 bits per heavy atom. The Kier molecular flexibility index (Phi) is 7.57. The highest BCUT2D eigenvalue weighted by Gasteiger charge is 2.21. The predicted molar refractivity (Wildman–Crippen MR) is 109 cm³/mol. The molecule has 0 aliphatic carbocycles. The molecule has 0 radical (unpaired) electrons. The summed E-state index contributed by atoms with van der Waals surface area (Å²) in [5.74, 6) is -1.45. The lowest BCUT2D eigenvalue weighted by atomic mass is 10.1. The minimum atomic E-state index is -0.611. The van der Waals surface area contributed by atoms with Crippen molar-refractivity contribution in [1.82, 2.24) is 0 Å². The van der Waals surface area contributed by atoms with Crippen LogP contribution in [0.5, 0.6) is 0 Å². The van der Waals surface area contributed by atoms with E-state index in [1.54, 1.807) is 44.3 Å². The summed E-state index contributed by atoms with van der Waals surface area (Å²) in [4.78, 5) is 37.6. The summed E-state index contributed by atoms with van der Waals surface area (Å²) in [6.45, 7) is 5.48. The second-order valence-corrected chi connectivity index (χ2v) is 7.27. The van der Waals surface area contributed by atoms with Gasteiger partial charge >= 0.3 is 11.9 Å². The van der Waals surface area contributed by atoms with Crippen molar-refractivity contribution in [3.63, 3.8) is 0 Å². The number of nitrogens with one attached hydrogen (secondary N) is 2. The fraction of sp³-hybridized carbons (Fsp3) is 0.350. The van der Waals surface area contributed by atoms with Gasteiger partial charge in [-0.25, -0.2) is 9.59 Å². The summed E-state index contributed by atoms with van der Waals surface area (Å²) in [6, 6.07) is 8.57. The molecule has 1 aromatic carbocycles. The fourth-order valence-electron chi connectivity index (χ4n) is 2.40. The van der Waals surface area contributed by atoms with Gasteiger partial charge in [0.2, 0.25) is 0 Å². The molecular formula is C20H24N2O5S. The number of thiophene rings is 1. The van der Waals surface area contributed by atoms with Crippen LogP contribution < -0.4 is 10.6 Å². The number of hydrogen-bond acceptors (Lipinski definition) is 7. The highest BCUT2D eigenvalue weighted by Crippen LogP contribution is 2.33. The molecule has 0 spiro atoms. The molecule has 150 valence electrons. The zero-order chi connectivity index (χ0) is 20.7. The summed E-state index contributed by atoms with van der Waals surface area (Å²) in [5.41, 5.74) is 1.25. The lowest BCUT2D eigenvalue weighted by Crippen LogP contribution is -2.22. The number of esters is 2. The number of amides is 1. The molecule has 1 heterocycles. The smallest absolute Gasteiger partial charge is 0.341 e. The number of anilines is 2. The fourth-order valence-corrected chi connectivity index (χ4v) is 3.46. The van der Waals surface area contributed by atoms with Gasteiger partial charge < -0.3 is 20.1 Å². The number of para-hydroxylation sites is 1. The normalized spacial score (nSPS) is 10.5. The standard InChI is InChI=1S/C20H24N2O5S/c1-5-26-20(25)14-10-16(12(2)3)28-18(14)22-17(23)11-27-19(24)13-8-6-7-9-15(13)21-4/h6-10,12,21H,5,11H2,1-4H3,(H,22,23). The van der Waals surface area contributed by atoms with E-state index in [4.69, 9.17) is 9.47 Å². The first-order valence-electron chi connectivity index (χ1n) is 8.91. The van der Waals surface area contributed by atoms with Crippen molar-refractivity contribution in [2.45, 2.75) is 26.7 Å². The van der Waals surface area contributed by atoms with Crippen molar-refractivity contribution in [2.75, 3.05) is 30.9 Å². The van der Waals surface area contributed by atoms with E-state index in [9.17, 15) is 14.4 Å². The van der Waals surface area contributed by atoms with E-state index in [0.717, 1.165) is 4.88 Å². The molecule has 2 aromatic rings. The van der Waals surface area contributed by atoms with Crippen molar-refractivity contribution < 1.29 is 23.9 Å². The Labute approximate surface area is 168 Å². The molecule has 7 nitrogen and oxygen atoms in total. The Morgan fingerprint density at radius 3 is 2.39 bits per heavy atom. The van der Waals surface area contributed by atoms with Crippen LogP contribution in [0.15, 0.2) is 30.3 Å². The van der Waals surface area contributed by atoms with Crippen molar-refractivity contribution >= 4 is 39.9 Å². The van der Waals surface area contributed by atoms with Crippen molar-refractivity contribution in [3.05, 3.63) is 46.3 Å². The van der Waals surface area contributed by atoms with Crippen LogP contribution in [0.1, 0.15) is 52.3 Å². The molecule has 2 N–H and O–H groups in total. The average Bonchev–Trinajstić information content (AvgIpc) is 3.10. The van der Waals surface area contributed by atoms with E-state index in [1.165, 1.54) is 11.3 Å². The third kappa shape index (κ3) is 5.32. The third-order valence-electron chi connectivity index (χ3n) is 3.82. The highest BCUT2D eigenvalue weighted by molar-refractivity contribution is 7.16. The zero-order valence-electron chi connectivity index (χ0n) is 16.3. The largest absolute Gasteiger partial charge is 0.462 e.